The number of amides is 4. The maximum atomic E-state index is 11.2. The van der Waals surface area contributed by atoms with Gasteiger partial charge < -0.3 is 32.8 Å². The Kier molecular flexibility index (Phi) is 9.59. The van der Waals surface area contributed by atoms with Crippen molar-refractivity contribution in [1.82, 2.24) is 4.90 Å². The molecule has 0 aromatic carbocycles. The third-order valence-electron chi connectivity index (χ3n) is 2.29. The largest absolute Gasteiger partial charge is 0.592 e. The van der Waals surface area contributed by atoms with Crippen LogP contribution in [0.25, 0.3) is 5.32 Å². The molecule has 2 saturated heterocycles. The molecule has 2 fully saturated rings. The van der Waals surface area contributed by atoms with Crippen molar-refractivity contribution in [2.24, 2.45) is 5.41 Å². The fourth-order valence-corrected chi connectivity index (χ4v) is 1.49. The summed E-state index contributed by atoms with van der Waals surface area (Å²) >= 11 is 0. The van der Waals surface area contributed by atoms with Crippen molar-refractivity contribution in [2.75, 3.05) is 6.54 Å². The maximum Gasteiger partial charge on any atom is 0.256 e. The Morgan fingerprint density at radius 1 is 1.06 bits per heavy atom. The van der Waals surface area contributed by atoms with Gasteiger partial charge in [-0.2, -0.15) is 6.92 Å². The third kappa shape index (κ3) is 2.25. The first kappa shape index (κ1) is 22.5. The summed E-state index contributed by atoms with van der Waals surface area (Å²) < 4.78 is 0. The average Bonchev–Trinajstić information content (AvgIpc) is 2.21. The summed E-state index contributed by atoms with van der Waals surface area (Å²) in [5, 5.41) is 2.92. The van der Waals surface area contributed by atoms with Crippen molar-refractivity contribution in [3.8, 4) is 0 Å². The van der Waals surface area contributed by atoms with Gasteiger partial charge in [0.25, 0.3) is 11.8 Å². The van der Waals surface area contributed by atoms with Gasteiger partial charge in [-0.15, -0.1) is 0 Å². The predicted octanol–water partition coefficient (Wildman–Crippen LogP) is -2.01. The molecule has 4 amide bonds. The Labute approximate surface area is 129 Å². The second-order valence-electron chi connectivity index (χ2n) is 2.83. The molecule has 1 radical (unpaired) electrons. The zero-order valence-corrected chi connectivity index (χ0v) is 12.9. The summed E-state index contributed by atoms with van der Waals surface area (Å²) in [6.07, 6.45) is 0. The van der Waals surface area contributed by atoms with Gasteiger partial charge in [0, 0.05) is 39.3 Å². The van der Waals surface area contributed by atoms with Crippen LogP contribution in [0.1, 0.15) is 13.8 Å². The molecule has 0 aromatic heterocycles. The van der Waals surface area contributed by atoms with Crippen LogP contribution in [-0.4, -0.2) is 46.0 Å². The number of nitrogens with zero attached hydrogens (tertiary/aromatic N) is 2. The van der Waals surface area contributed by atoms with Crippen LogP contribution < -0.4 is 0 Å². The van der Waals surface area contributed by atoms with E-state index in [2.05, 4.69) is 12.2 Å². The van der Waals surface area contributed by atoms with Crippen LogP contribution in [-0.2, 0) is 51.9 Å². The van der Waals surface area contributed by atoms with Crippen molar-refractivity contribution in [1.29, 1.82) is 0 Å². The molecule has 0 aromatic rings. The van der Waals surface area contributed by atoms with Crippen LogP contribution in [0.4, 0.5) is 0 Å². The monoisotopic (exact) mass is 335 g/mol. The number of likely N-dealkylation sites (tertiary alicyclic amines) is 1. The van der Waals surface area contributed by atoms with Crippen LogP contribution in [0.15, 0.2) is 0 Å². The Morgan fingerprint density at radius 2 is 1.39 bits per heavy atom. The smallest absolute Gasteiger partial charge is 0.256 e. The molecule has 1 spiro atoms. The van der Waals surface area contributed by atoms with Crippen LogP contribution >= 0.6 is 0 Å². The van der Waals surface area contributed by atoms with E-state index in [1.165, 1.54) is 0 Å². The van der Waals surface area contributed by atoms with E-state index < -0.39 is 29.0 Å². The molecule has 8 nitrogen and oxygen atoms in total. The summed E-state index contributed by atoms with van der Waals surface area (Å²) in [7, 11) is 0. The standard InChI is InChI=1S/C7H6N2O4.C2H5.2H2O.Y/c1-2-9-5(12)7(6(9)13)3(10)8-4(7)11;1-2;;;/h2H2,1H3,(H,8,10,11);1H2,2H3;2*1H2;/q;-1;;;/p-1. The Bertz CT molecular complexity index is 338. The van der Waals surface area contributed by atoms with Crippen LogP contribution in [0, 0.1) is 12.3 Å². The van der Waals surface area contributed by atoms with Crippen molar-refractivity contribution in [3.63, 3.8) is 0 Å². The van der Waals surface area contributed by atoms with Gasteiger partial charge in [-0.3, -0.25) is 14.5 Å². The van der Waals surface area contributed by atoms with Crippen LogP contribution in [0.3, 0.4) is 0 Å². The van der Waals surface area contributed by atoms with E-state index in [-0.39, 0.29) is 50.2 Å². The molecule has 0 unspecified atom stereocenters. The SMILES string of the molecule is CCN1C(=O)C2(C(=O)[N-]C2=O)C1=O.O.O.[CH2-]C.[Y]. The number of β-lactam (4-membered cyclic amide) rings is 4. The normalized spacial score (nSPS) is 17.8. The average molecular weight is 335 g/mol. The fourth-order valence-electron chi connectivity index (χ4n) is 1.49. The third-order valence-corrected chi connectivity index (χ3v) is 2.29. The zero-order chi connectivity index (χ0) is 11.8. The van der Waals surface area contributed by atoms with Crippen molar-refractivity contribution in [3.05, 3.63) is 12.2 Å². The van der Waals surface area contributed by atoms with Gasteiger partial charge >= 0.3 is 0 Å². The van der Waals surface area contributed by atoms with Crippen LogP contribution in [0.5, 0.6) is 0 Å². The van der Waals surface area contributed by atoms with Gasteiger partial charge in [0.2, 0.25) is 5.41 Å². The Hall–Kier alpha value is -0.696. The van der Waals surface area contributed by atoms with Gasteiger partial charge in [0.15, 0.2) is 0 Å². The molecular formula is C9H14N2O6Y-2. The van der Waals surface area contributed by atoms with Gasteiger partial charge in [0.05, 0.1) is 11.8 Å². The van der Waals surface area contributed by atoms with Gasteiger partial charge in [-0.1, -0.05) is 0 Å². The van der Waals surface area contributed by atoms with Gasteiger partial charge in [-0.05, 0) is 6.92 Å². The fraction of sp³-hybridized carbons (Fsp3) is 0.444. The van der Waals surface area contributed by atoms with E-state index in [4.69, 9.17) is 0 Å². The molecule has 2 aliphatic rings. The van der Waals surface area contributed by atoms with E-state index in [1.54, 1.807) is 13.8 Å². The molecule has 0 bridgehead atoms. The van der Waals surface area contributed by atoms with E-state index >= 15 is 0 Å². The molecule has 2 heterocycles. The summed E-state index contributed by atoms with van der Waals surface area (Å²) in [6, 6.07) is 0. The minimum Gasteiger partial charge on any atom is -0.592 e. The van der Waals surface area contributed by atoms with E-state index in [0.717, 1.165) is 4.90 Å². The van der Waals surface area contributed by atoms with Gasteiger partial charge in [0.1, 0.15) is 0 Å². The van der Waals surface area contributed by atoms with Crippen molar-refractivity contribution < 1.29 is 62.8 Å². The topological polar surface area (TPSA) is 149 Å². The van der Waals surface area contributed by atoms with E-state index in [1.807, 2.05) is 0 Å². The Morgan fingerprint density at radius 3 is 1.61 bits per heavy atom. The molecule has 9 heteroatoms. The first-order valence-corrected chi connectivity index (χ1v) is 4.44. The van der Waals surface area contributed by atoms with Crippen molar-refractivity contribution >= 4 is 23.6 Å². The summed E-state index contributed by atoms with van der Waals surface area (Å²) in [6.45, 7) is 6.77. The number of carbonyl (C=O) groups excluding carboxylic acids is 4. The molecule has 2 rings (SSSR count). The van der Waals surface area contributed by atoms with E-state index in [9.17, 15) is 19.2 Å². The predicted molar refractivity (Wildman–Crippen MR) is 56.5 cm³/mol. The number of hydrogen-bond donors (Lipinski definition) is 0. The molecule has 101 valence electrons. The molecule has 0 saturated carbocycles. The van der Waals surface area contributed by atoms with E-state index in [0.29, 0.717) is 0 Å². The quantitative estimate of drug-likeness (QED) is 0.309. The number of rotatable bonds is 1. The number of hydrogen-bond acceptors (Lipinski definition) is 4. The summed E-state index contributed by atoms with van der Waals surface area (Å²) in [5.74, 6) is -3.30. The minimum atomic E-state index is -2.05. The first-order valence-electron chi connectivity index (χ1n) is 4.44. The number of imide groups is 2. The molecule has 0 aliphatic carbocycles. The second-order valence-corrected chi connectivity index (χ2v) is 2.83. The van der Waals surface area contributed by atoms with Crippen molar-refractivity contribution in [2.45, 2.75) is 13.8 Å². The minimum absolute atomic E-state index is 0. The Balaban J connectivity index is -0.000000429. The molecule has 18 heavy (non-hydrogen) atoms. The first-order chi connectivity index (χ1) is 7.06. The molecule has 0 atom stereocenters. The molecular weight excluding hydrogens is 321 g/mol. The molecule has 2 aliphatic heterocycles. The van der Waals surface area contributed by atoms with Crippen LogP contribution in [0.2, 0.25) is 0 Å². The zero-order valence-electron chi connectivity index (χ0n) is 10.0. The summed E-state index contributed by atoms with van der Waals surface area (Å²) in [4.78, 5) is 45.1. The van der Waals surface area contributed by atoms with Gasteiger partial charge in [-0.25, -0.2) is 0 Å². The summed E-state index contributed by atoms with van der Waals surface area (Å²) in [5.41, 5.74) is -2.05. The number of carbonyl (C=O) groups is 4. The second kappa shape index (κ2) is 7.68. The maximum absolute atomic E-state index is 11.2. The molecule has 4 N–H and O–H groups in total.